The molecule has 0 radical (unpaired) electrons. The average Bonchev–Trinajstić information content (AvgIpc) is 2.82. The average molecular weight is 499 g/mol. The summed E-state index contributed by atoms with van der Waals surface area (Å²) in [4.78, 5) is 42.1. The van der Waals surface area contributed by atoms with Crippen LogP contribution in [0.2, 0.25) is 0 Å². The van der Waals surface area contributed by atoms with Crippen LogP contribution in [0.4, 0.5) is 10.5 Å². The van der Waals surface area contributed by atoms with Gasteiger partial charge in [0.25, 0.3) is 5.69 Å². The van der Waals surface area contributed by atoms with Crippen LogP contribution in [0, 0.1) is 10.1 Å². The molecule has 2 aromatic rings. The van der Waals surface area contributed by atoms with E-state index in [1.807, 2.05) is 0 Å². The van der Waals surface area contributed by atoms with Crippen LogP contribution in [0.3, 0.4) is 0 Å². The van der Waals surface area contributed by atoms with Gasteiger partial charge in [-0.05, 0) is 44.0 Å². The van der Waals surface area contributed by atoms with Gasteiger partial charge in [0.2, 0.25) is 5.91 Å². The fourth-order valence-electron chi connectivity index (χ4n) is 4.02. The fourth-order valence-corrected chi connectivity index (χ4v) is 4.02. The van der Waals surface area contributed by atoms with Crippen molar-refractivity contribution in [3.05, 3.63) is 69.8 Å². The number of carbonyl (C=O) groups is 2. The number of aromatic hydroxyl groups is 1. The molecule has 0 aliphatic carbocycles. The normalized spacial score (nSPS) is 15.3. The Labute approximate surface area is 211 Å². The van der Waals surface area contributed by atoms with Crippen LogP contribution in [-0.4, -0.2) is 81.6 Å². The van der Waals surface area contributed by atoms with Crippen LogP contribution in [0.5, 0.6) is 5.75 Å². The standard InChI is InChI=1S/C26H34N4O6/c1-26(2,3)36-25(33)27(4)23(17-19-7-11-22(31)12-8-19)24(32)29-15-13-28(14-16-29)18-20-5-9-21(10-6-20)30(34)35/h5-12,23,31H,13-18H2,1-4H3. The van der Waals surface area contributed by atoms with Gasteiger partial charge in [0.05, 0.1) is 4.92 Å². The van der Waals surface area contributed by atoms with E-state index < -0.39 is 22.7 Å². The van der Waals surface area contributed by atoms with Crippen molar-refractivity contribution in [2.45, 2.75) is 45.4 Å². The van der Waals surface area contributed by atoms with E-state index in [0.29, 0.717) is 32.7 Å². The van der Waals surface area contributed by atoms with Crippen molar-refractivity contribution in [2.75, 3.05) is 33.2 Å². The van der Waals surface area contributed by atoms with Crippen LogP contribution in [-0.2, 0) is 22.5 Å². The first-order chi connectivity index (χ1) is 16.9. The number of phenolic OH excluding ortho intramolecular Hbond substituents is 1. The number of hydrogen-bond acceptors (Lipinski definition) is 7. The molecular weight excluding hydrogens is 464 g/mol. The van der Waals surface area contributed by atoms with Gasteiger partial charge in [0.1, 0.15) is 17.4 Å². The Morgan fingerprint density at radius 2 is 1.58 bits per heavy atom. The molecule has 2 aromatic carbocycles. The maximum Gasteiger partial charge on any atom is 0.410 e. The highest BCUT2D eigenvalue weighted by Crippen LogP contribution is 2.19. The number of benzene rings is 2. The molecule has 0 bridgehead atoms. The van der Waals surface area contributed by atoms with E-state index in [1.54, 1.807) is 69.1 Å². The summed E-state index contributed by atoms with van der Waals surface area (Å²) in [6, 6.07) is 12.3. The summed E-state index contributed by atoms with van der Waals surface area (Å²) in [6.45, 7) is 8.25. The number of likely N-dealkylation sites (N-methyl/N-ethyl adjacent to an activating group) is 1. The number of piperazine rings is 1. The Balaban J connectivity index is 1.66. The fraction of sp³-hybridized carbons (Fsp3) is 0.462. The molecular formula is C26H34N4O6. The number of ether oxygens (including phenoxy) is 1. The van der Waals surface area contributed by atoms with Gasteiger partial charge in [-0.25, -0.2) is 4.79 Å². The van der Waals surface area contributed by atoms with Crippen molar-refractivity contribution < 1.29 is 24.4 Å². The summed E-state index contributed by atoms with van der Waals surface area (Å²) < 4.78 is 5.51. The highest BCUT2D eigenvalue weighted by atomic mass is 16.6. The molecule has 2 amide bonds. The van der Waals surface area contributed by atoms with Gasteiger partial charge in [-0.1, -0.05) is 24.3 Å². The van der Waals surface area contributed by atoms with Gasteiger partial charge in [0.15, 0.2) is 0 Å². The van der Waals surface area contributed by atoms with Gasteiger partial charge in [-0.2, -0.15) is 0 Å². The minimum absolute atomic E-state index is 0.0583. The zero-order valence-corrected chi connectivity index (χ0v) is 21.2. The quantitative estimate of drug-likeness (QED) is 0.459. The van der Waals surface area contributed by atoms with Crippen LogP contribution >= 0.6 is 0 Å². The summed E-state index contributed by atoms with van der Waals surface area (Å²) in [6.07, 6.45) is -0.283. The van der Waals surface area contributed by atoms with Crippen LogP contribution < -0.4 is 0 Å². The van der Waals surface area contributed by atoms with Gasteiger partial charge in [-0.15, -0.1) is 0 Å². The number of hydrogen-bond donors (Lipinski definition) is 1. The molecule has 1 fully saturated rings. The molecule has 0 aromatic heterocycles. The number of non-ortho nitro benzene ring substituents is 1. The van der Waals surface area contributed by atoms with Crippen LogP contribution in [0.15, 0.2) is 48.5 Å². The Bertz CT molecular complexity index is 1060. The minimum Gasteiger partial charge on any atom is -0.508 e. The maximum atomic E-state index is 13.6. The first-order valence-electron chi connectivity index (χ1n) is 11.9. The highest BCUT2D eigenvalue weighted by molar-refractivity contribution is 5.86. The van der Waals surface area contributed by atoms with Gasteiger partial charge < -0.3 is 14.7 Å². The number of nitro benzene ring substituents is 1. The smallest absolute Gasteiger partial charge is 0.410 e. The molecule has 1 N–H and O–H groups in total. The number of rotatable bonds is 7. The topological polar surface area (TPSA) is 116 Å². The van der Waals surface area contributed by atoms with Gasteiger partial charge in [0, 0.05) is 58.3 Å². The van der Waals surface area contributed by atoms with Crippen molar-refractivity contribution >= 4 is 17.7 Å². The van der Waals surface area contributed by atoms with E-state index in [2.05, 4.69) is 4.90 Å². The van der Waals surface area contributed by atoms with E-state index in [0.717, 1.165) is 11.1 Å². The van der Waals surface area contributed by atoms with E-state index in [1.165, 1.54) is 17.0 Å². The second kappa shape index (κ2) is 11.4. The Morgan fingerprint density at radius 1 is 1.03 bits per heavy atom. The summed E-state index contributed by atoms with van der Waals surface area (Å²) in [5.41, 5.74) is 1.15. The lowest BCUT2D eigenvalue weighted by molar-refractivity contribution is -0.384. The number of amides is 2. The predicted molar refractivity (Wildman–Crippen MR) is 135 cm³/mol. The molecule has 1 atom stereocenters. The first kappa shape index (κ1) is 26.9. The van der Waals surface area contributed by atoms with Crippen molar-refractivity contribution in [3.8, 4) is 5.75 Å². The molecule has 1 aliphatic rings. The van der Waals surface area contributed by atoms with Crippen LogP contribution in [0.1, 0.15) is 31.9 Å². The van der Waals surface area contributed by atoms with E-state index in [-0.39, 0.29) is 23.8 Å². The molecule has 10 nitrogen and oxygen atoms in total. The van der Waals surface area contributed by atoms with Crippen molar-refractivity contribution in [1.82, 2.24) is 14.7 Å². The Morgan fingerprint density at radius 3 is 2.11 bits per heavy atom. The first-order valence-corrected chi connectivity index (χ1v) is 11.9. The van der Waals surface area contributed by atoms with Crippen molar-refractivity contribution in [2.24, 2.45) is 0 Å². The summed E-state index contributed by atoms with van der Waals surface area (Å²) in [7, 11) is 1.57. The molecule has 36 heavy (non-hydrogen) atoms. The summed E-state index contributed by atoms with van der Waals surface area (Å²) in [5.74, 6) is -0.0299. The zero-order valence-electron chi connectivity index (χ0n) is 21.2. The molecule has 10 heteroatoms. The molecule has 3 rings (SSSR count). The lowest BCUT2D eigenvalue weighted by atomic mass is 10.0. The van der Waals surface area contributed by atoms with Gasteiger partial charge >= 0.3 is 6.09 Å². The Kier molecular flexibility index (Phi) is 8.52. The Hall–Kier alpha value is -3.66. The van der Waals surface area contributed by atoms with E-state index >= 15 is 0 Å². The molecule has 194 valence electrons. The molecule has 1 heterocycles. The third-order valence-electron chi connectivity index (χ3n) is 6.04. The predicted octanol–water partition coefficient (Wildman–Crippen LogP) is 3.42. The SMILES string of the molecule is CN(C(=O)OC(C)(C)C)C(Cc1ccc(O)cc1)C(=O)N1CCN(Cc2ccc([N+](=O)[O-])cc2)CC1. The lowest BCUT2D eigenvalue weighted by Crippen LogP contribution is -2.56. The molecule has 1 saturated heterocycles. The van der Waals surface area contributed by atoms with Crippen LogP contribution in [0.25, 0.3) is 0 Å². The maximum absolute atomic E-state index is 13.6. The van der Waals surface area contributed by atoms with Crippen molar-refractivity contribution in [1.29, 1.82) is 0 Å². The number of carbonyl (C=O) groups excluding carboxylic acids is 2. The second-order valence-corrected chi connectivity index (χ2v) is 10.0. The zero-order chi connectivity index (χ0) is 26.5. The van der Waals surface area contributed by atoms with E-state index in [9.17, 15) is 24.8 Å². The van der Waals surface area contributed by atoms with Gasteiger partial charge in [-0.3, -0.25) is 24.7 Å². The molecule has 0 saturated carbocycles. The third-order valence-corrected chi connectivity index (χ3v) is 6.04. The number of phenols is 1. The van der Waals surface area contributed by atoms with Crippen molar-refractivity contribution in [3.63, 3.8) is 0 Å². The monoisotopic (exact) mass is 498 g/mol. The second-order valence-electron chi connectivity index (χ2n) is 10.0. The number of nitro groups is 1. The largest absolute Gasteiger partial charge is 0.508 e. The molecule has 1 aliphatic heterocycles. The molecule has 0 spiro atoms. The number of nitrogens with zero attached hydrogens (tertiary/aromatic N) is 4. The minimum atomic E-state index is -0.759. The summed E-state index contributed by atoms with van der Waals surface area (Å²) in [5, 5.41) is 20.5. The summed E-state index contributed by atoms with van der Waals surface area (Å²) >= 11 is 0. The lowest BCUT2D eigenvalue weighted by Gasteiger charge is -2.38. The highest BCUT2D eigenvalue weighted by Gasteiger charge is 2.34. The van der Waals surface area contributed by atoms with E-state index in [4.69, 9.17) is 4.74 Å². The third kappa shape index (κ3) is 7.42. The molecule has 1 unspecified atom stereocenters.